The van der Waals surface area contributed by atoms with Gasteiger partial charge in [0.2, 0.25) is 5.91 Å². The van der Waals surface area contributed by atoms with Gasteiger partial charge in [-0.3, -0.25) is 9.78 Å². The number of hydrogen-bond acceptors (Lipinski definition) is 5. The molecule has 0 unspecified atom stereocenters. The smallest absolute Gasteiger partial charge is 0.244 e. The summed E-state index contributed by atoms with van der Waals surface area (Å²) in [6, 6.07) is 15.4. The van der Waals surface area contributed by atoms with Crippen LogP contribution in [-0.4, -0.2) is 15.9 Å². The molecule has 5 nitrogen and oxygen atoms in total. The van der Waals surface area contributed by atoms with E-state index in [1.165, 1.54) is 11.3 Å². The number of rotatable bonds is 5. The highest BCUT2D eigenvalue weighted by molar-refractivity contribution is 7.10. The lowest BCUT2D eigenvalue weighted by Gasteiger charge is -2.08. The van der Waals surface area contributed by atoms with Crippen molar-refractivity contribution in [2.24, 2.45) is 0 Å². The molecule has 6 heteroatoms. The summed E-state index contributed by atoms with van der Waals surface area (Å²) in [5.74, 6) is -1.26. The van der Waals surface area contributed by atoms with Crippen molar-refractivity contribution in [3.63, 3.8) is 0 Å². The van der Waals surface area contributed by atoms with Gasteiger partial charge in [0.1, 0.15) is 5.01 Å². The molecule has 0 aliphatic rings. The summed E-state index contributed by atoms with van der Waals surface area (Å²) >= 11 is 1.32. The zero-order valence-corrected chi connectivity index (χ0v) is 13.5. The Morgan fingerprint density at radius 1 is 1.25 bits per heavy atom. The minimum absolute atomic E-state index is 0.335. The van der Waals surface area contributed by atoms with Crippen LogP contribution < -0.4 is 5.32 Å². The van der Waals surface area contributed by atoms with E-state index in [0.717, 1.165) is 16.8 Å². The van der Waals surface area contributed by atoms with E-state index in [0.29, 0.717) is 11.6 Å². The lowest BCUT2D eigenvalue weighted by atomic mass is 10.1. The number of nitriles is 1. The number of carbonyl (C=O) groups excluding carboxylic acids is 1. The molecule has 0 radical (unpaired) electrons. The number of carbonyl (C=O) groups is 1. The van der Waals surface area contributed by atoms with E-state index in [9.17, 15) is 10.1 Å². The van der Waals surface area contributed by atoms with Crippen molar-refractivity contribution in [3.05, 3.63) is 70.8 Å². The molecule has 1 amide bonds. The van der Waals surface area contributed by atoms with Crippen LogP contribution >= 0.6 is 11.3 Å². The van der Waals surface area contributed by atoms with Gasteiger partial charge in [0.25, 0.3) is 0 Å². The van der Waals surface area contributed by atoms with Crippen LogP contribution in [0.3, 0.4) is 0 Å². The monoisotopic (exact) mass is 334 g/mol. The van der Waals surface area contributed by atoms with Crippen LogP contribution in [0.4, 0.5) is 0 Å². The maximum Gasteiger partial charge on any atom is 0.244 e. The molecular weight excluding hydrogens is 320 g/mol. The van der Waals surface area contributed by atoms with Crippen molar-refractivity contribution < 1.29 is 4.79 Å². The maximum absolute atomic E-state index is 12.3. The Hall–Kier alpha value is -3.04. The Kier molecular flexibility index (Phi) is 4.94. The van der Waals surface area contributed by atoms with Crippen molar-refractivity contribution in [2.45, 2.75) is 12.5 Å². The van der Waals surface area contributed by atoms with Crippen LogP contribution in [0.1, 0.15) is 16.5 Å². The minimum atomic E-state index is -0.913. The van der Waals surface area contributed by atoms with E-state index in [4.69, 9.17) is 0 Å². The van der Waals surface area contributed by atoms with E-state index in [-0.39, 0.29) is 5.91 Å². The summed E-state index contributed by atoms with van der Waals surface area (Å²) in [6.07, 6.45) is 3.35. The molecule has 1 N–H and O–H groups in total. The van der Waals surface area contributed by atoms with Crippen LogP contribution in [-0.2, 0) is 11.3 Å². The summed E-state index contributed by atoms with van der Waals surface area (Å²) < 4.78 is 0. The summed E-state index contributed by atoms with van der Waals surface area (Å²) in [6.45, 7) is 0.335. The zero-order valence-electron chi connectivity index (χ0n) is 12.7. The topological polar surface area (TPSA) is 78.7 Å². The Bertz CT molecular complexity index is 855. The fourth-order valence-corrected chi connectivity index (χ4v) is 3.05. The Morgan fingerprint density at radius 3 is 2.79 bits per heavy atom. The predicted molar refractivity (Wildman–Crippen MR) is 92.0 cm³/mol. The van der Waals surface area contributed by atoms with Crippen molar-refractivity contribution in [1.82, 2.24) is 15.3 Å². The normalized spacial score (nSPS) is 11.5. The molecule has 24 heavy (non-hydrogen) atoms. The molecule has 1 atom stereocenters. The van der Waals surface area contributed by atoms with E-state index in [2.05, 4.69) is 15.3 Å². The van der Waals surface area contributed by atoms with E-state index >= 15 is 0 Å². The quantitative estimate of drug-likeness (QED) is 0.777. The number of thiazole rings is 1. The van der Waals surface area contributed by atoms with Gasteiger partial charge in [0.15, 0.2) is 5.92 Å². The van der Waals surface area contributed by atoms with Gasteiger partial charge >= 0.3 is 0 Å². The predicted octanol–water partition coefficient (Wildman–Crippen LogP) is 3.13. The SMILES string of the molecule is N#C[C@H](C(=O)NCc1cccnc1)c1nc(-c2ccccc2)cs1. The van der Waals surface area contributed by atoms with Gasteiger partial charge in [-0.2, -0.15) is 5.26 Å². The van der Waals surface area contributed by atoms with Gasteiger partial charge in [-0.05, 0) is 11.6 Å². The average Bonchev–Trinajstić information content (AvgIpc) is 3.12. The number of nitrogens with zero attached hydrogens (tertiary/aromatic N) is 3. The van der Waals surface area contributed by atoms with Crippen molar-refractivity contribution in [1.29, 1.82) is 5.26 Å². The molecule has 3 rings (SSSR count). The molecule has 0 aliphatic carbocycles. The second-order valence-electron chi connectivity index (χ2n) is 5.08. The number of benzene rings is 1. The first-order valence-electron chi connectivity index (χ1n) is 7.35. The number of aromatic nitrogens is 2. The summed E-state index contributed by atoms with van der Waals surface area (Å²) in [7, 11) is 0. The molecule has 0 spiro atoms. The molecule has 118 valence electrons. The fraction of sp³-hybridized carbons (Fsp3) is 0.111. The molecule has 1 aromatic carbocycles. The first kappa shape index (κ1) is 15.8. The number of pyridine rings is 1. The highest BCUT2D eigenvalue weighted by Gasteiger charge is 2.23. The van der Waals surface area contributed by atoms with Crippen molar-refractivity contribution >= 4 is 17.2 Å². The van der Waals surface area contributed by atoms with Crippen LogP contribution in [0.2, 0.25) is 0 Å². The molecule has 0 saturated carbocycles. The van der Waals surface area contributed by atoms with Gasteiger partial charge in [-0.25, -0.2) is 4.98 Å². The third-order valence-electron chi connectivity index (χ3n) is 3.42. The second-order valence-corrected chi connectivity index (χ2v) is 5.97. The number of hydrogen-bond donors (Lipinski definition) is 1. The molecule has 0 saturated heterocycles. The zero-order chi connectivity index (χ0) is 16.8. The first-order valence-corrected chi connectivity index (χ1v) is 8.23. The number of amides is 1. The largest absolute Gasteiger partial charge is 0.350 e. The van der Waals surface area contributed by atoms with E-state index < -0.39 is 5.92 Å². The van der Waals surface area contributed by atoms with Crippen molar-refractivity contribution in [2.75, 3.05) is 0 Å². The van der Waals surface area contributed by atoms with Crippen LogP contribution in [0.25, 0.3) is 11.3 Å². The molecule has 3 aromatic rings. The Balaban J connectivity index is 1.71. The van der Waals surface area contributed by atoms with Gasteiger partial charge in [-0.1, -0.05) is 36.4 Å². The molecule has 0 bridgehead atoms. The highest BCUT2D eigenvalue weighted by Crippen LogP contribution is 2.26. The molecule has 2 aromatic heterocycles. The minimum Gasteiger partial charge on any atom is -0.350 e. The van der Waals surface area contributed by atoms with E-state index in [1.54, 1.807) is 18.5 Å². The Labute approximate surface area is 143 Å². The average molecular weight is 334 g/mol. The third kappa shape index (κ3) is 3.65. The molecule has 2 heterocycles. The molecule has 0 fully saturated rings. The molecule has 0 aliphatic heterocycles. The Morgan fingerprint density at radius 2 is 2.08 bits per heavy atom. The summed E-state index contributed by atoms with van der Waals surface area (Å²) in [4.78, 5) is 20.8. The number of nitrogens with one attached hydrogen (secondary N) is 1. The first-order chi connectivity index (χ1) is 11.8. The van der Waals surface area contributed by atoms with Gasteiger partial charge < -0.3 is 5.32 Å². The highest BCUT2D eigenvalue weighted by atomic mass is 32.1. The van der Waals surface area contributed by atoms with Crippen LogP contribution in [0.15, 0.2) is 60.2 Å². The third-order valence-corrected chi connectivity index (χ3v) is 4.33. The lowest BCUT2D eigenvalue weighted by Crippen LogP contribution is -2.28. The maximum atomic E-state index is 12.3. The van der Waals surface area contributed by atoms with E-state index in [1.807, 2.05) is 47.8 Å². The summed E-state index contributed by atoms with van der Waals surface area (Å²) in [5.41, 5.74) is 2.62. The van der Waals surface area contributed by atoms with Gasteiger partial charge in [0.05, 0.1) is 11.8 Å². The van der Waals surface area contributed by atoms with Gasteiger partial charge in [0, 0.05) is 29.9 Å². The second kappa shape index (κ2) is 7.49. The standard InChI is InChI=1S/C18H14N4OS/c19-9-15(17(23)21-11-13-5-4-8-20-10-13)18-22-16(12-24-18)14-6-2-1-3-7-14/h1-8,10,12,15H,11H2,(H,21,23)/t15-/m1/s1. The van der Waals surface area contributed by atoms with Crippen LogP contribution in [0.5, 0.6) is 0 Å². The summed E-state index contributed by atoms with van der Waals surface area (Å²) in [5, 5.41) is 14.5. The lowest BCUT2D eigenvalue weighted by molar-refractivity contribution is -0.121. The molecular formula is C18H14N4OS. The fourth-order valence-electron chi connectivity index (χ4n) is 2.18. The van der Waals surface area contributed by atoms with Crippen molar-refractivity contribution in [3.8, 4) is 17.3 Å². The van der Waals surface area contributed by atoms with Gasteiger partial charge in [-0.15, -0.1) is 11.3 Å². The van der Waals surface area contributed by atoms with Crippen LogP contribution in [0, 0.1) is 11.3 Å².